The summed E-state index contributed by atoms with van der Waals surface area (Å²) in [4.78, 5) is 11.8. The summed E-state index contributed by atoms with van der Waals surface area (Å²) in [5, 5.41) is 11.8. The first kappa shape index (κ1) is 16.5. The Kier molecular flexibility index (Phi) is 5.57. The minimum Gasteiger partial charge on any atom is -0.483 e. The van der Waals surface area contributed by atoms with Crippen LogP contribution in [0.1, 0.15) is 44.7 Å². The molecule has 0 aromatic heterocycles. The second-order valence-electron chi connectivity index (χ2n) is 6.06. The zero-order valence-electron chi connectivity index (χ0n) is 13.0. The molecule has 1 rings (SSSR count). The molecule has 0 fully saturated rings. The lowest BCUT2D eigenvalue weighted by atomic mass is 10.0. The number of amides is 1. The van der Waals surface area contributed by atoms with Gasteiger partial charge in [0.2, 0.25) is 0 Å². The minimum absolute atomic E-state index is 0.0498. The third kappa shape index (κ3) is 4.85. The van der Waals surface area contributed by atoms with Gasteiger partial charge in [-0.3, -0.25) is 4.79 Å². The Morgan fingerprint density at radius 1 is 1.40 bits per heavy atom. The van der Waals surface area contributed by atoms with Crippen LogP contribution in [-0.2, 0) is 4.79 Å². The van der Waals surface area contributed by atoms with Crippen molar-refractivity contribution in [3.8, 4) is 5.75 Å². The summed E-state index contributed by atoms with van der Waals surface area (Å²) in [6.07, 6.45) is 0. The van der Waals surface area contributed by atoms with Gasteiger partial charge in [-0.25, -0.2) is 0 Å². The van der Waals surface area contributed by atoms with Gasteiger partial charge in [0.25, 0.3) is 5.91 Å². The monoisotopic (exact) mass is 279 g/mol. The van der Waals surface area contributed by atoms with Crippen molar-refractivity contribution in [3.05, 3.63) is 29.3 Å². The third-order valence-electron chi connectivity index (χ3n) is 3.11. The van der Waals surface area contributed by atoms with Crippen LogP contribution in [0.5, 0.6) is 5.75 Å². The summed E-state index contributed by atoms with van der Waals surface area (Å²) >= 11 is 0. The average Bonchev–Trinajstić information content (AvgIpc) is 2.37. The number of carbonyl (C=O) groups is 1. The molecule has 0 bridgehead atoms. The van der Waals surface area contributed by atoms with Crippen LogP contribution in [0.25, 0.3) is 0 Å². The van der Waals surface area contributed by atoms with E-state index < -0.39 is 5.54 Å². The molecule has 4 nitrogen and oxygen atoms in total. The highest BCUT2D eigenvalue weighted by molar-refractivity contribution is 5.78. The highest BCUT2D eigenvalue weighted by atomic mass is 16.5. The van der Waals surface area contributed by atoms with E-state index in [4.69, 9.17) is 9.84 Å². The summed E-state index contributed by atoms with van der Waals surface area (Å²) in [6.45, 7) is 9.54. The molecule has 0 spiro atoms. The van der Waals surface area contributed by atoms with Crippen LogP contribution in [0, 0.1) is 6.92 Å². The average molecular weight is 279 g/mol. The van der Waals surface area contributed by atoms with Gasteiger partial charge in [0.15, 0.2) is 6.61 Å². The molecule has 0 aliphatic heterocycles. The molecule has 1 amide bonds. The second kappa shape index (κ2) is 6.75. The summed E-state index contributed by atoms with van der Waals surface area (Å²) in [6, 6.07) is 6.05. The van der Waals surface area contributed by atoms with Gasteiger partial charge in [0.05, 0.1) is 12.1 Å². The number of aryl methyl sites for hydroxylation is 1. The molecule has 0 aliphatic carbocycles. The topological polar surface area (TPSA) is 58.6 Å². The lowest BCUT2D eigenvalue weighted by Crippen LogP contribution is -2.48. The van der Waals surface area contributed by atoms with Crippen molar-refractivity contribution in [3.63, 3.8) is 0 Å². The van der Waals surface area contributed by atoms with Crippen LogP contribution in [0.3, 0.4) is 0 Å². The highest BCUT2D eigenvalue weighted by Gasteiger charge is 2.19. The maximum Gasteiger partial charge on any atom is 0.258 e. The van der Waals surface area contributed by atoms with E-state index in [1.165, 1.54) is 5.56 Å². The van der Waals surface area contributed by atoms with E-state index in [2.05, 4.69) is 25.2 Å². The number of hydrogen-bond donors (Lipinski definition) is 2. The highest BCUT2D eigenvalue weighted by Crippen LogP contribution is 2.24. The lowest BCUT2D eigenvalue weighted by molar-refractivity contribution is -0.125. The molecule has 2 N–H and O–H groups in total. The maximum absolute atomic E-state index is 11.8. The Bertz CT molecular complexity index is 467. The maximum atomic E-state index is 11.8. The van der Waals surface area contributed by atoms with Crippen molar-refractivity contribution in [2.75, 3.05) is 13.2 Å². The van der Waals surface area contributed by atoms with Crippen molar-refractivity contribution in [2.24, 2.45) is 0 Å². The van der Waals surface area contributed by atoms with Gasteiger partial charge in [-0.2, -0.15) is 0 Å². The zero-order chi connectivity index (χ0) is 15.3. The van der Waals surface area contributed by atoms with E-state index in [1.54, 1.807) is 13.8 Å². The molecule has 0 aliphatic rings. The third-order valence-corrected chi connectivity index (χ3v) is 3.11. The molecule has 1 aromatic rings. The molecule has 0 heterocycles. The molecule has 112 valence electrons. The normalized spacial score (nSPS) is 11.6. The summed E-state index contributed by atoms with van der Waals surface area (Å²) < 4.78 is 5.59. The molecular weight excluding hydrogens is 254 g/mol. The SMILES string of the molecule is Cc1ccc(C(C)C)cc1OCC(=O)NC(C)(C)CO. The molecule has 0 saturated heterocycles. The Hall–Kier alpha value is -1.55. The van der Waals surface area contributed by atoms with Crippen LogP contribution < -0.4 is 10.1 Å². The first-order chi connectivity index (χ1) is 9.25. The van der Waals surface area contributed by atoms with Gasteiger partial charge in [0, 0.05) is 0 Å². The summed E-state index contributed by atoms with van der Waals surface area (Å²) in [5.41, 5.74) is 1.56. The Morgan fingerprint density at radius 2 is 2.05 bits per heavy atom. The number of ether oxygens (including phenoxy) is 1. The van der Waals surface area contributed by atoms with Crippen LogP contribution >= 0.6 is 0 Å². The summed E-state index contributed by atoms with van der Waals surface area (Å²) in [7, 11) is 0. The molecule has 0 radical (unpaired) electrons. The Morgan fingerprint density at radius 3 is 2.60 bits per heavy atom. The lowest BCUT2D eigenvalue weighted by Gasteiger charge is -2.23. The first-order valence-electron chi connectivity index (χ1n) is 6.90. The molecule has 20 heavy (non-hydrogen) atoms. The number of aliphatic hydroxyl groups is 1. The van der Waals surface area contributed by atoms with E-state index in [0.717, 1.165) is 11.3 Å². The number of carbonyl (C=O) groups excluding carboxylic acids is 1. The van der Waals surface area contributed by atoms with Gasteiger partial charge in [-0.1, -0.05) is 26.0 Å². The smallest absolute Gasteiger partial charge is 0.258 e. The molecular formula is C16H25NO3. The number of benzene rings is 1. The number of nitrogens with one attached hydrogen (secondary N) is 1. The Labute approximate surface area is 121 Å². The van der Waals surface area contributed by atoms with Crippen molar-refractivity contribution in [1.82, 2.24) is 5.32 Å². The predicted molar refractivity (Wildman–Crippen MR) is 80.1 cm³/mol. The quantitative estimate of drug-likeness (QED) is 0.840. The Balaban J connectivity index is 2.66. The van der Waals surface area contributed by atoms with E-state index in [0.29, 0.717) is 5.92 Å². The fourth-order valence-electron chi connectivity index (χ4n) is 1.73. The van der Waals surface area contributed by atoms with Crippen LogP contribution in [0.2, 0.25) is 0 Å². The van der Waals surface area contributed by atoms with Crippen molar-refractivity contribution in [2.45, 2.75) is 46.1 Å². The minimum atomic E-state index is -0.630. The fraction of sp³-hybridized carbons (Fsp3) is 0.562. The molecule has 0 saturated carbocycles. The molecule has 4 heteroatoms. The van der Waals surface area contributed by atoms with Gasteiger partial charge >= 0.3 is 0 Å². The van der Waals surface area contributed by atoms with Gasteiger partial charge < -0.3 is 15.2 Å². The van der Waals surface area contributed by atoms with E-state index in [1.807, 2.05) is 19.1 Å². The van der Waals surface area contributed by atoms with Crippen LogP contribution in [0.15, 0.2) is 18.2 Å². The van der Waals surface area contributed by atoms with Crippen LogP contribution in [-0.4, -0.2) is 29.8 Å². The van der Waals surface area contributed by atoms with E-state index in [-0.39, 0.29) is 19.1 Å². The van der Waals surface area contributed by atoms with Crippen LogP contribution in [0.4, 0.5) is 0 Å². The van der Waals surface area contributed by atoms with E-state index >= 15 is 0 Å². The molecule has 0 atom stereocenters. The molecule has 1 aromatic carbocycles. The van der Waals surface area contributed by atoms with Crippen molar-refractivity contribution >= 4 is 5.91 Å². The standard InChI is InChI=1S/C16H25NO3/c1-11(2)13-7-6-12(3)14(8-13)20-9-15(19)17-16(4,5)10-18/h6-8,11,18H,9-10H2,1-5H3,(H,17,19). The van der Waals surface area contributed by atoms with Crippen molar-refractivity contribution < 1.29 is 14.6 Å². The van der Waals surface area contributed by atoms with E-state index in [9.17, 15) is 4.79 Å². The largest absolute Gasteiger partial charge is 0.483 e. The van der Waals surface area contributed by atoms with Gasteiger partial charge in [0.1, 0.15) is 5.75 Å². The molecule has 0 unspecified atom stereocenters. The zero-order valence-corrected chi connectivity index (χ0v) is 13.0. The second-order valence-corrected chi connectivity index (χ2v) is 6.06. The number of aliphatic hydroxyl groups excluding tert-OH is 1. The first-order valence-corrected chi connectivity index (χ1v) is 6.90. The number of hydrogen-bond acceptors (Lipinski definition) is 3. The van der Waals surface area contributed by atoms with Gasteiger partial charge in [-0.05, 0) is 43.9 Å². The fourth-order valence-corrected chi connectivity index (χ4v) is 1.73. The number of rotatable bonds is 6. The van der Waals surface area contributed by atoms with Crippen molar-refractivity contribution in [1.29, 1.82) is 0 Å². The van der Waals surface area contributed by atoms with Gasteiger partial charge in [-0.15, -0.1) is 0 Å². The summed E-state index contributed by atoms with van der Waals surface area (Å²) in [5.74, 6) is 0.909. The predicted octanol–water partition coefficient (Wildman–Crippen LogP) is 2.38.